The van der Waals surface area contributed by atoms with E-state index in [1.807, 2.05) is 23.6 Å². The van der Waals surface area contributed by atoms with Gasteiger partial charge in [-0.25, -0.2) is 0 Å². The molecule has 1 unspecified atom stereocenters. The predicted molar refractivity (Wildman–Crippen MR) is 64.9 cm³/mol. The Labute approximate surface area is 103 Å². The van der Waals surface area contributed by atoms with Crippen molar-refractivity contribution in [1.82, 2.24) is 5.32 Å². The summed E-state index contributed by atoms with van der Waals surface area (Å²) in [5.74, 6) is -0.803. The summed E-state index contributed by atoms with van der Waals surface area (Å²) >= 11 is 1.56. The van der Waals surface area contributed by atoms with Crippen LogP contribution in [0.5, 0.6) is 0 Å². The molecule has 0 aromatic carbocycles. The first-order valence-corrected chi connectivity index (χ1v) is 6.13. The Morgan fingerprint density at radius 2 is 2.41 bits per heavy atom. The van der Waals surface area contributed by atoms with E-state index < -0.39 is 5.97 Å². The van der Waals surface area contributed by atoms with Crippen LogP contribution >= 0.6 is 11.3 Å². The normalized spacial score (nSPS) is 12.5. The van der Waals surface area contributed by atoms with E-state index in [2.05, 4.69) is 5.32 Å². The zero-order valence-corrected chi connectivity index (χ0v) is 9.94. The van der Waals surface area contributed by atoms with Crippen molar-refractivity contribution in [3.05, 3.63) is 46.5 Å². The molecule has 0 aliphatic rings. The number of aliphatic carboxylic acids is 1. The van der Waals surface area contributed by atoms with Crippen LogP contribution in [0.25, 0.3) is 0 Å². The van der Waals surface area contributed by atoms with Crippen LogP contribution in [0.3, 0.4) is 0 Å². The molecule has 0 radical (unpaired) electrons. The highest BCUT2D eigenvalue weighted by Crippen LogP contribution is 2.22. The molecular weight excluding hydrogens is 238 g/mol. The van der Waals surface area contributed by atoms with Gasteiger partial charge in [0.25, 0.3) is 0 Å². The highest BCUT2D eigenvalue weighted by molar-refractivity contribution is 7.10. The third-order valence-corrected chi connectivity index (χ3v) is 3.38. The molecule has 2 heterocycles. The Hall–Kier alpha value is -1.59. The van der Waals surface area contributed by atoms with Crippen LogP contribution in [-0.2, 0) is 11.3 Å². The van der Waals surface area contributed by atoms with Crippen LogP contribution < -0.4 is 5.32 Å². The van der Waals surface area contributed by atoms with Gasteiger partial charge in [-0.15, -0.1) is 11.3 Å². The van der Waals surface area contributed by atoms with Gasteiger partial charge in [-0.1, -0.05) is 6.07 Å². The Morgan fingerprint density at radius 3 is 3.00 bits per heavy atom. The minimum atomic E-state index is -0.803. The lowest BCUT2D eigenvalue weighted by Crippen LogP contribution is -2.22. The largest absolute Gasteiger partial charge is 0.481 e. The second-order valence-electron chi connectivity index (χ2n) is 3.68. The molecule has 2 rings (SSSR count). The summed E-state index contributed by atoms with van der Waals surface area (Å²) in [6.45, 7) is 0.604. The zero-order valence-electron chi connectivity index (χ0n) is 9.13. The van der Waals surface area contributed by atoms with Crippen molar-refractivity contribution in [2.75, 3.05) is 0 Å². The number of rotatable bonds is 6. The number of hydrogen-bond donors (Lipinski definition) is 2. The molecule has 17 heavy (non-hydrogen) atoms. The number of carbonyl (C=O) groups is 1. The molecule has 90 valence electrons. The molecule has 1 atom stereocenters. The summed E-state index contributed by atoms with van der Waals surface area (Å²) in [6, 6.07) is 5.58. The molecule has 0 amide bonds. The van der Waals surface area contributed by atoms with Crippen LogP contribution in [0.1, 0.15) is 22.9 Å². The van der Waals surface area contributed by atoms with E-state index in [0.717, 1.165) is 10.4 Å². The SMILES string of the molecule is O=C(O)CC(NCc1ccoc1)c1cccs1. The average Bonchev–Trinajstić information content (AvgIpc) is 2.96. The van der Waals surface area contributed by atoms with Crippen molar-refractivity contribution in [3.8, 4) is 0 Å². The van der Waals surface area contributed by atoms with E-state index in [9.17, 15) is 4.79 Å². The molecule has 4 nitrogen and oxygen atoms in total. The van der Waals surface area contributed by atoms with Crippen molar-refractivity contribution in [2.24, 2.45) is 0 Å². The lowest BCUT2D eigenvalue weighted by Gasteiger charge is -2.14. The second kappa shape index (κ2) is 5.65. The number of thiophene rings is 1. The molecule has 0 saturated carbocycles. The fraction of sp³-hybridized carbons (Fsp3) is 0.250. The Bertz CT molecular complexity index is 450. The van der Waals surface area contributed by atoms with Crippen molar-refractivity contribution < 1.29 is 14.3 Å². The highest BCUT2D eigenvalue weighted by atomic mass is 32.1. The zero-order chi connectivity index (χ0) is 12.1. The van der Waals surface area contributed by atoms with E-state index in [1.54, 1.807) is 23.9 Å². The van der Waals surface area contributed by atoms with Gasteiger partial charge in [-0.3, -0.25) is 4.79 Å². The van der Waals surface area contributed by atoms with Crippen LogP contribution in [-0.4, -0.2) is 11.1 Å². The van der Waals surface area contributed by atoms with Gasteiger partial charge in [0.2, 0.25) is 0 Å². The van der Waals surface area contributed by atoms with Gasteiger partial charge in [0.15, 0.2) is 0 Å². The monoisotopic (exact) mass is 251 g/mol. The number of carboxylic acid groups (broad SMARTS) is 1. The van der Waals surface area contributed by atoms with Gasteiger partial charge >= 0.3 is 5.97 Å². The van der Waals surface area contributed by atoms with Gasteiger partial charge in [0, 0.05) is 17.0 Å². The Kier molecular flexibility index (Phi) is 3.95. The van der Waals surface area contributed by atoms with Gasteiger partial charge in [0.1, 0.15) is 0 Å². The maximum absolute atomic E-state index is 10.8. The van der Waals surface area contributed by atoms with Crippen LogP contribution in [0.4, 0.5) is 0 Å². The Balaban J connectivity index is 1.98. The molecule has 0 bridgehead atoms. The molecule has 2 aromatic heterocycles. The number of hydrogen-bond acceptors (Lipinski definition) is 4. The second-order valence-corrected chi connectivity index (χ2v) is 4.66. The smallest absolute Gasteiger partial charge is 0.305 e. The van der Waals surface area contributed by atoms with E-state index in [-0.39, 0.29) is 12.5 Å². The van der Waals surface area contributed by atoms with Crippen molar-refractivity contribution in [2.45, 2.75) is 19.0 Å². The molecule has 2 N–H and O–H groups in total. The van der Waals surface area contributed by atoms with Gasteiger partial charge in [-0.2, -0.15) is 0 Å². The van der Waals surface area contributed by atoms with E-state index in [0.29, 0.717) is 6.54 Å². The van der Waals surface area contributed by atoms with E-state index in [4.69, 9.17) is 9.52 Å². The van der Waals surface area contributed by atoms with Crippen molar-refractivity contribution >= 4 is 17.3 Å². The molecule has 0 fully saturated rings. The third kappa shape index (κ3) is 3.44. The van der Waals surface area contributed by atoms with E-state index >= 15 is 0 Å². The topological polar surface area (TPSA) is 62.5 Å². The van der Waals surface area contributed by atoms with Crippen molar-refractivity contribution in [1.29, 1.82) is 0 Å². The lowest BCUT2D eigenvalue weighted by molar-refractivity contribution is -0.137. The fourth-order valence-corrected chi connectivity index (χ4v) is 2.37. The first-order valence-electron chi connectivity index (χ1n) is 5.25. The highest BCUT2D eigenvalue weighted by Gasteiger charge is 2.15. The Morgan fingerprint density at radius 1 is 1.53 bits per heavy atom. The molecule has 0 saturated heterocycles. The van der Waals surface area contributed by atoms with Crippen molar-refractivity contribution in [3.63, 3.8) is 0 Å². The molecule has 5 heteroatoms. The maximum Gasteiger partial charge on any atom is 0.305 e. The molecule has 0 aliphatic carbocycles. The average molecular weight is 251 g/mol. The quantitative estimate of drug-likeness (QED) is 0.828. The summed E-state index contributed by atoms with van der Waals surface area (Å²) < 4.78 is 4.96. The number of nitrogens with one attached hydrogen (secondary N) is 1. The number of furan rings is 1. The molecule has 0 spiro atoms. The van der Waals surface area contributed by atoms with Crippen LogP contribution in [0.15, 0.2) is 40.5 Å². The van der Waals surface area contributed by atoms with Crippen LogP contribution in [0, 0.1) is 0 Å². The first-order chi connectivity index (χ1) is 8.25. The third-order valence-electron chi connectivity index (χ3n) is 2.40. The number of carboxylic acids is 1. The van der Waals surface area contributed by atoms with E-state index in [1.165, 1.54) is 0 Å². The summed E-state index contributed by atoms with van der Waals surface area (Å²) in [7, 11) is 0. The standard InChI is InChI=1S/C12H13NO3S/c14-12(15)6-10(11-2-1-5-17-11)13-7-9-3-4-16-8-9/h1-5,8,10,13H,6-7H2,(H,14,15). The summed E-state index contributed by atoms with van der Waals surface area (Å²) in [4.78, 5) is 11.9. The first kappa shape index (κ1) is 11.9. The van der Waals surface area contributed by atoms with Gasteiger partial charge in [-0.05, 0) is 17.5 Å². The summed E-state index contributed by atoms with van der Waals surface area (Å²) in [5, 5.41) is 14.1. The summed E-state index contributed by atoms with van der Waals surface area (Å²) in [6.07, 6.45) is 3.34. The fourth-order valence-electron chi connectivity index (χ4n) is 1.57. The molecular formula is C12H13NO3S. The van der Waals surface area contributed by atoms with Crippen LogP contribution in [0.2, 0.25) is 0 Å². The molecule has 0 aliphatic heterocycles. The maximum atomic E-state index is 10.8. The predicted octanol–water partition coefficient (Wildman–Crippen LogP) is 2.65. The minimum absolute atomic E-state index is 0.0817. The van der Waals surface area contributed by atoms with Gasteiger partial charge in [0.05, 0.1) is 25.0 Å². The summed E-state index contributed by atoms with van der Waals surface area (Å²) in [5.41, 5.74) is 1.01. The van der Waals surface area contributed by atoms with Gasteiger partial charge < -0.3 is 14.8 Å². The molecule has 2 aromatic rings. The lowest BCUT2D eigenvalue weighted by atomic mass is 10.1. The minimum Gasteiger partial charge on any atom is -0.481 e.